The number of benzene rings is 1. The summed E-state index contributed by atoms with van der Waals surface area (Å²) in [6, 6.07) is 8.40. The molecule has 0 saturated carbocycles. The van der Waals surface area contributed by atoms with Crippen molar-refractivity contribution in [1.29, 1.82) is 0 Å². The quantitative estimate of drug-likeness (QED) is 0.793. The van der Waals surface area contributed by atoms with Gasteiger partial charge in [0, 0.05) is 12.1 Å². The van der Waals surface area contributed by atoms with Gasteiger partial charge in [0.2, 0.25) is 0 Å². The van der Waals surface area contributed by atoms with E-state index in [0.717, 1.165) is 19.6 Å². The lowest BCUT2D eigenvalue weighted by Crippen LogP contribution is -2.37. The minimum Gasteiger partial charge on any atom is -0.366 e. The maximum absolute atomic E-state index is 5.99. The zero-order valence-electron chi connectivity index (χ0n) is 9.46. The molecule has 0 unspecified atom stereocenters. The normalized spacial score (nSPS) is 15.0. The van der Waals surface area contributed by atoms with Crippen LogP contribution in [0.15, 0.2) is 24.3 Å². The number of hydrogen-bond acceptors (Lipinski definition) is 3. The molecular formula is C12H19N3. The van der Waals surface area contributed by atoms with E-state index >= 15 is 0 Å². The van der Waals surface area contributed by atoms with Crippen molar-refractivity contribution in [2.75, 3.05) is 23.4 Å². The predicted molar refractivity (Wildman–Crippen MR) is 65.2 cm³/mol. The summed E-state index contributed by atoms with van der Waals surface area (Å²) in [4.78, 5) is 2.34. The molecule has 1 aromatic carbocycles. The van der Waals surface area contributed by atoms with Crippen molar-refractivity contribution in [3.05, 3.63) is 24.3 Å². The monoisotopic (exact) mass is 205 g/mol. The minimum atomic E-state index is -0.0858. The van der Waals surface area contributed by atoms with Crippen LogP contribution in [0.25, 0.3) is 0 Å². The Balaban J connectivity index is 2.02. The number of hydrogen-bond donors (Lipinski definition) is 2. The maximum atomic E-state index is 5.99. The van der Waals surface area contributed by atoms with Crippen LogP contribution >= 0.6 is 0 Å². The maximum Gasteiger partial charge on any atom is 0.0877 e. The minimum absolute atomic E-state index is 0.0858. The lowest BCUT2D eigenvalue weighted by Gasteiger charge is -2.24. The van der Waals surface area contributed by atoms with E-state index in [4.69, 9.17) is 5.73 Å². The van der Waals surface area contributed by atoms with Crippen LogP contribution in [0.1, 0.15) is 20.3 Å². The standard InChI is InChI=1S/C12H19N3/c1-12(2,13)7-8-15-9-14-10-5-3-4-6-11(10)15/h3-6,14H,7-9,13H2,1-2H3. The van der Waals surface area contributed by atoms with Crippen LogP contribution in [0.4, 0.5) is 11.4 Å². The second-order valence-corrected chi connectivity index (χ2v) is 4.85. The molecule has 0 amide bonds. The Hall–Kier alpha value is -1.22. The number of nitrogens with two attached hydrogens (primary N) is 1. The third-order valence-corrected chi connectivity index (χ3v) is 2.73. The summed E-state index contributed by atoms with van der Waals surface area (Å²) >= 11 is 0. The van der Waals surface area contributed by atoms with E-state index in [1.54, 1.807) is 0 Å². The van der Waals surface area contributed by atoms with Gasteiger partial charge in [-0.2, -0.15) is 0 Å². The number of anilines is 2. The van der Waals surface area contributed by atoms with E-state index in [0.29, 0.717) is 0 Å². The number of para-hydroxylation sites is 2. The van der Waals surface area contributed by atoms with Gasteiger partial charge in [-0.05, 0) is 32.4 Å². The van der Waals surface area contributed by atoms with Crippen LogP contribution in [0, 0.1) is 0 Å². The molecule has 3 nitrogen and oxygen atoms in total. The fourth-order valence-electron chi connectivity index (χ4n) is 1.79. The van der Waals surface area contributed by atoms with Gasteiger partial charge in [0.15, 0.2) is 0 Å². The molecule has 0 atom stereocenters. The number of fused-ring (bicyclic) bond motifs is 1. The van der Waals surface area contributed by atoms with Crippen molar-refractivity contribution in [1.82, 2.24) is 0 Å². The highest BCUT2D eigenvalue weighted by Gasteiger charge is 2.19. The first-order chi connectivity index (χ1) is 7.06. The van der Waals surface area contributed by atoms with Crippen LogP contribution in [0.2, 0.25) is 0 Å². The Labute approximate surface area is 91.3 Å². The molecule has 0 aromatic heterocycles. The van der Waals surface area contributed by atoms with Crippen LogP contribution in [0.3, 0.4) is 0 Å². The summed E-state index contributed by atoms with van der Waals surface area (Å²) in [5.41, 5.74) is 8.42. The van der Waals surface area contributed by atoms with Crippen LogP contribution in [-0.4, -0.2) is 18.8 Å². The van der Waals surface area contributed by atoms with Crippen LogP contribution in [-0.2, 0) is 0 Å². The second-order valence-electron chi connectivity index (χ2n) is 4.85. The highest BCUT2D eigenvalue weighted by molar-refractivity contribution is 5.74. The zero-order valence-corrected chi connectivity index (χ0v) is 9.46. The zero-order chi connectivity index (χ0) is 10.9. The molecule has 0 saturated heterocycles. The van der Waals surface area contributed by atoms with Gasteiger partial charge in [-0.25, -0.2) is 0 Å². The molecule has 15 heavy (non-hydrogen) atoms. The smallest absolute Gasteiger partial charge is 0.0877 e. The first-order valence-corrected chi connectivity index (χ1v) is 5.43. The molecule has 0 spiro atoms. The average molecular weight is 205 g/mol. The van der Waals surface area contributed by atoms with E-state index in [1.807, 2.05) is 0 Å². The van der Waals surface area contributed by atoms with E-state index < -0.39 is 0 Å². The summed E-state index contributed by atoms with van der Waals surface area (Å²) in [5.74, 6) is 0. The Kier molecular flexibility index (Phi) is 2.57. The van der Waals surface area contributed by atoms with Crippen molar-refractivity contribution in [3.63, 3.8) is 0 Å². The van der Waals surface area contributed by atoms with Crippen molar-refractivity contribution in [2.24, 2.45) is 5.73 Å². The predicted octanol–water partition coefficient (Wildman–Crippen LogP) is 2.00. The molecule has 0 radical (unpaired) electrons. The largest absolute Gasteiger partial charge is 0.366 e. The number of nitrogens with one attached hydrogen (secondary N) is 1. The third-order valence-electron chi connectivity index (χ3n) is 2.73. The van der Waals surface area contributed by atoms with Gasteiger partial charge in [0.1, 0.15) is 0 Å². The molecular weight excluding hydrogens is 186 g/mol. The fraction of sp³-hybridized carbons (Fsp3) is 0.500. The molecule has 3 heteroatoms. The van der Waals surface area contributed by atoms with Gasteiger partial charge >= 0.3 is 0 Å². The van der Waals surface area contributed by atoms with Gasteiger partial charge in [-0.1, -0.05) is 12.1 Å². The topological polar surface area (TPSA) is 41.3 Å². The molecule has 0 bridgehead atoms. The highest BCUT2D eigenvalue weighted by Crippen LogP contribution is 2.30. The highest BCUT2D eigenvalue weighted by atomic mass is 15.3. The third kappa shape index (κ3) is 2.42. The lowest BCUT2D eigenvalue weighted by molar-refractivity contribution is 0.477. The Morgan fingerprint density at radius 2 is 2.13 bits per heavy atom. The van der Waals surface area contributed by atoms with Crippen molar-refractivity contribution < 1.29 is 0 Å². The molecule has 82 valence electrons. The lowest BCUT2D eigenvalue weighted by atomic mass is 10.0. The SMILES string of the molecule is CC(C)(N)CCN1CNc2ccccc21. The van der Waals surface area contributed by atoms with Gasteiger partial charge in [0.25, 0.3) is 0 Å². The molecule has 0 aliphatic carbocycles. The van der Waals surface area contributed by atoms with Gasteiger partial charge in [0.05, 0.1) is 18.0 Å². The molecule has 3 N–H and O–H groups in total. The first kappa shape index (κ1) is 10.3. The van der Waals surface area contributed by atoms with E-state index in [9.17, 15) is 0 Å². The Morgan fingerprint density at radius 3 is 2.87 bits per heavy atom. The summed E-state index contributed by atoms with van der Waals surface area (Å²) in [6.07, 6.45) is 1.00. The van der Waals surface area contributed by atoms with Gasteiger partial charge in [-0.15, -0.1) is 0 Å². The summed E-state index contributed by atoms with van der Waals surface area (Å²) < 4.78 is 0. The van der Waals surface area contributed by atoms with Gasteiger partial charge < -0.3 is 16.0 Å². The first-order valence-electron chi connectivity index (χ1n) is 5.43. The van der Waals surface area contributed by atoms with E-state index in [2.05, 4.69) is 48.3 Å². The molecule has 1 aliphatic rings. The van der Waals surface area contributed by atoms with Crippen molar-refractivity contribution in [3.8, 4) is 0 Å². The molecule has 1 aliphatic heterocycles. The van der Waals surface area contributed by atoms with Crippen molar-refractivity contribution >= 4 is 11.4 Å². The Bertz CT molecular complexity index is 341. The summed E-state index contributed by atoms with van der Waals surface area (Å²) in [5, 5.41) is 3.37. The fourth-order valence-corrected chi connectivity index (χ4v) is 1.79. The Morgan fingerprint density at radius 1 is 1.40 bits per heavy atom. The molecule has 1 heterocycles. The van der Waals surface area contributed by atoms with Crippen LogP contribution < -0.4 is 16.0 Å². The number of rotatable bonds is 3. The second kappa shape index (κ2) is 3.74. The van der Waals surface area contributed by atoms with E-state index in [1.165, 1.54) is 11.4 Å². The molecule has 2 rings (SSSR count). The van der Waals surface area contributed by atoms with E-state index in [-0.39, 0.29) is 5.54 Å². The molecule has 0 fully saturated rings. The van der Waals surface area contributed by atoms with Crippen molar-refractivity contribution in [2.45, 2.75) is 25.8 Å². The van der Waals surface area contributed by atoms with Gasteiger partial charge in [-0.3, -0.25) is 0 Å². The molecule has 1 aromatic rings. The summed E-state index contributed by atoms with van der Waals surface area (Å²) in [6.45, 7) is 6.05. The number of nitrogens with zero attached hydrogens (tertiary/aromatic N) is 1. The van der Waals surface area contributed by atoms with Crippen LogP contribution in [0.5, 0.6) is 0 Å². The summed E-state index contributed by atoms with van der Waals surface area (Å²) in [7, 11) is 0. The average Bonchev–Trinajstić information content (AvgIpc) is 2.57.